The van der Waals surface area contributed by atoms with Crippen LogP contribution in [0.15, 0.2) is 53.3 Å². The lowest BCUT2D eigenvalue weighted by Gasteiger charge is -2.12. The van der Waals surface area contributed by atoms with E-state index in [2.05, 4.69) is 15.6 Å². The number of fused-ring (bicyclic) bond motifs is 1. The van der Waals surface area contributed by atoms with Crippen LogP contribution in [0.25, 0.3) is 4.96 Å². The van der Waals surface area contributed by atoms with Crippen molar-refractivity contribution in [3.8, 4) is 0 Å². The van der Waals surface area contributed by atoms with Crippen molar-refractivity contribution in [3.63, 3.8) is 0 Å². The van der Waals surface area contributed by atoms with Gasteiger partial charge in [0.2, 0.25) is 0 Å². The second-order valence-electron chi connectivity index (χ2n) is 8.47. The molecule has 0 aliphatic rings. The van der Waals surface area contributed by atoms with Gasteiger partial charge in [-0.05, 0) is 55.7 Å². The van der Waals surface area contributed by atoms with Crippen LogP contribution < -0.4 is 16.2 Å². The molecular weight excluding hydrogens is 505 g/mol. The first-order chi connectivity index (χ1) is 17.5. The van der Waals surface area contributed by atoms with Crippen molar-refractivity contribution in [1.82, 2.24) is 9.38 Å². The maximum Gasteiger partial charge on any atom is 0.416 e. The van der Waals surface area contributed by atoms with E-state index in [1.165, 1.54) is 12.1 Å². The molecule has 37 heavy (non-hydrogen) atoms. The van der Waals surface area contributed by atoms with E-state index in [9.17, 15) is 27.6 Å². The van der Waals surface area contributed by atoms with E-state index in [0.717, 1.165) is 51.5 Å². The van der Waals surface area contributed by atoms with Crippen LogP contribution in [0.3, 0.4) is 0 Å². The summed E-state index contributed by atoms with van der Waals surface area (Å²) in [6.45, 7) is 5.65. The maximum absolute atomic E-state index is 13.4. The van der Waals surface area contributed by atoms with Gasteiger partial charge in [0, 0.05) is 23.1 Å². The number of alkyl halides is 3. The van der Waals surface area contributed by atoms with E-state index in [1.807, 2.05) is 26.8 Å². The van der Waals surface area contributed by atoms with E-state index in [0.29, 0.717) is 17.8 Å². The zero-order valence-electron chi connectivity index (χ0n) is 20.2. The number of aryl methyl sites for hydroxylation is 2. The number of hydrogen-bond donors (Lipinski definition) is 2. The van der Waals surface area contributed by atoms with Crippen molar-refractivity contribution in [2.75, 3.05) is 10.6 Å². The number of halogens is 3. The van der Waals surface area contributed by atoms with Crippen LogP contribution in [0.4, 0.5) is 24.5 Å². The molecule has 11 heteroatoms. The molecule has 0 spiro atoms. The summed E-state index contributed by atoms with van der Waals surface area (Å²) in [7, 11) is 0. The smallest absolute Gasteiger partial charge is 0.321 e. The highest BCUT2D eigenvalue weighted by Gasteiger charge is 2.31. The van der Waals surface area contributed by atoms with Crippen LogP contribution in [-0.4, -0.2) is 21.2 Å². The number of carbonyl (C=O) groups is 2. The zero-order chi connectivity index (χ0) is 26.9. The number of carbonyl (C=O) groups excluding carboxylic acids is 2. The quantitative estimate of drug-likeness (QED) is 0.329. The number of hydrogen-bond acceptors (Lipinski definition) is 5. The third kappa shape index (κ3) is 5.41. The highest BCUT2D eigenvalue weighted by Crippen LogP contribution is 2.31. The Bertz CT molecular complexity index is 1570. The Morgan fingerprint density at radius 1 is 1.03 bits per heavy atom. The Balaban J connectivity index is 1.81. The summed E-state index contributed by atoms with van der Waals surface area (Å²) in [6, 6.07) is 10.8. The van der Waals surface area contributed by atoms with Gasteiger partial charge in [-0.1, -0.05) is 42.9 Å². The fourth-order valence-corrected chi connectivity index (χ4v) is 4.84. The van der Waals surface area contributed by atoms with Crippen molar-refractivity contribution in [2.24, 2.45) is 0 Å². The minimum atomic E-state index is -4.61. The van der Waals surface area contributed by atoms with Crippen molar-refractivity contribution in [3.05, 3.63) is 91.8 Å². The third-order valence-electron chi connectivity index (χ3n) is 5.80. The molecule has 2 aromatic carbocycles. The summed E-state index contributed by atoms with van der Waals surface area (Å²) in [5, 5.41) is 5.17. The van der Waals surface area contributed by atoms with Crippen molar-refractivity contribution < 1.29 is 22.8 Å². The monoisotopic (exact) mass is 528 g/mol. The summed E-state index contributed by atoms with van der Waals surface area (Å²) >= 11 is 0.861. The van der Waals surface area contributed by atoms with E-state index in [4.69, 9.17) is 0 Å². The molecular formula is C26H23F3N4O3S. The molecule has 2 heterocycles. The Morgan fingerprint density at radius 2 is 1.76 bits per heavy atom. The fourth-order valence-electron chi connectivity index (χ4n) is 3.79. The fraction of sp³-hybridized carbons (Fsp3) is 0.231. The molecule has 0 bridgehead atoms. The molecule has 0 unspecified atom stereocenters. The minimum Gasteiger partial charge on any atom is -0.321 e. The average Bonchev–Trinajstić information content (AvgIpc) is 3.22. The highest BCUT2D eigenvalue weighted by molar-refractivity contribution is 7.19. The van der Waals surface area contributed by atoms with Gasteiger partial charge < -0.3 is 10.6 Å². The van der Waals surface area contributed by atoms with Gasteiger partial charge in [-0.2, -0.15) is 13.2 Å². The molecule has 0 saturated carbocycles. The van der Waals surface area contributed by atoms with Crippen molar-refractivity contribution in [1.29, 1.82) is 0 Å². The third-order valence-corrected chi connectivity index (χ3v) is 6.84. The van der Waals surface area contributed by atoms with Crippen LogP contribution in [0.5, 0.6) is 0 Å². The standard InChI is InChI=1S/C26H23F3N4O3S/c1-4-7-17-13-20(34)33-21(23(35)30-18-10-6-9-16(12-18)26(27,28)29)22(37-25(33)31-17)24(36)32-19-11-5-8-14(2)15(19)3/h5-6,8-13H,4,7H2,1-3H3,(H,30,35)(H,32,36). The first-order valence-corrected chi connectivity index (χ1v) is 12.2. The van der Waals surface area contributed by atoms with Gasteiger partial charge in [0.25, 0.3) is 17.4 Å². The number of benzene rings is 2. The number of anilines is 2. The molecule has 0 saturated heterocycles. The Hall–Kier alpha value is -3.99. The number of thiazole rings is 1. The van der Waals surface area contributed by atoms with E-state index in [1.54, 1.807) is 12.1 Å². The molecule has 0 aliphatic carbocycles. The van der Waals surface area contributed by atoms with Gasteiger partial charge in [-0.3, -0.25) is 14.4 Å². The van der Waals surface area contributed by atoms with Crippen LogP contribution in [0.2, 0.25) is 0 Å². The molecule has 0 fully saturated rings. The number of rotatable bonds is 6. The van der Waals surface area contributed by atoms with Gasteiger partial charge in [0.1, 0.15) is 10.6 Å². The average molecular weight is 529 g/mol. The second kappa shape index (κ2) is 10.2. The molecule has 192 valence electrons. The molecule has 0 aliphatic heterocycles. The molecule has 4 rings (SSSR count). The molecule has 2 amide bonds. The SMILES string of the molecule is CCCc1cc(=O)n2c(C(=O)Nc3cccc(C(F)(F)F)c3)c(C(=O)Nc3cccc(C)c3C)sc2n1. The summed E-state index contributed by atoms with van der Waals surface area (Å²) in [5.74, 6) is -1.56. The van der Waals surface area contributed by atoms with Crippen molar-refractivity contribution >= 4 is 39.5 Å². The predicted octanol–water partition coefficient (Wildman–Crippen LogP) is 5.85. The van der Waals surface area contributed by atoms with Gasteiger partial charge in [-0.25, -0.2) is 9.38 Å². The Kier molecular flexibility index (Phi) is 7.17. The lowest BCUT2D eigenvalue weighted by Crippen LogP contribution is -2.25. The first kappa shape index (κ1) is 26.1. The lowest BCUT2D eigenvalue weighted by atomic mass is 10.1. The summed E-state index contributed by atoms with van der Waals surface area (Å²) in [4.78, 5) is 44.2. The molecule has 2 N–H and O–H groups in total. The van der Waals surface area contributed by atoms with E-state index >= 15 is 0 Å². The summed E-state index contributed by atoms with van der Waals surface area (Å²) in [5.41, 5.74) is 0.857. The summed E-state index contributed by atoms with van der Waals surface area (Å²) < 4.78 is 40.5. The first-order valence-electron chi connectivity index (χ1n) is 11.4. The van der Waals surface area contributed by atoms with Crippen molar-refractivity contribution in [2.45, 2.75) is 39.8 Å². The van der Waals surface area contributed by atoms with Gasteiger partial charge in [-0.15, -0.1) is 0 Å². The number of amides is 2. The molecule has 4 aromatic rings. The molecule has 0 radical (unpaired) electrons. The number of aromatic nitrogens is 2. The Morgan fingerprint density at radius 3 is 2.46 bits per heavy atom. The molecule has 0 atom stereocenters. The largest absolute Gasteiger partial charge is 0.416 e. The van der Waals surface area contributed by atoms with Crippen LogP contribution >= 0.6 is 11.3 Å². The number of nitrogens with one attached hydrogen (secondary N) is 2. The highest BCUT2D eigenvalue weighted by atomic mass is 32.1. The van der Waals surface area contributed by atoms with Crippen LogP contribution in [0.1, 0.15) is 55.9 Å². The minimum absolute atomic E-state index is 0.0939. The molecule has 7 nitrogen and oxygen atoms in total. The molecule has 2 aromatic heterocycles. The van der Waals surface area contributed by atoms with Gasteiger partial charge in [0.05, 0.1) is 5.56 Å². The van der Waals surface area contributed by atoms with Crippen LogP contribution in [-0.2, 0) is 12.6 Å². The maximum atomic E-state index is 13.4. The van der Waals surface area contributed by atoms with Crippen LogP contribution in [0, 0.1) is 13.8 Å². The number of nitrogens with zero attached hydrogens (tertiary/aromatic N) is 2. The van der Waals surface area contributed by atoms with Gasteiger partial charge in [0.15, 0.2) is 4.96 Å². The zero-order valence-corrected chi connectivity index (χ0v) is 21.0. The lowest BCUT2D eigenvalue weighted by molar-refractivity contribution is -0.137. The summed E-state index contributed by atoms with van der Waals surface area (Å²) in [6.07, 6.45) is -3.35. The topological polar surface area (TPSA) is 92.6 Å². The normalized spacial score (nSPS) is 11.5. The van der Waals surface area contributed by atoms with E-state index < -0.39 is 29.1 Å². The second-order valence-corrected chi connectivity index (χ2v) is 9.45. The Labute approximate surface area is 214 Å². The van der Waals surface area contributed by atoms with Gasteiger partial charge >= 0.3 is 6.18 Å². The van der Waals surface area contributed by atoms with E-state index in [-0.39, 0.29) is 21.2 Å². The predicted molar refractivity (Wildman–Crippen MR) is 137 cm³/mol.